The molecule has 1 aromatic carbocycles. The molecule has 1 heterocycles. The van der Waals surface area contributed by atoms with E-state index in [9.17, 15) is 9.59 Å². The van der Waals surface area contributed by atoms with Gasteiger partial charge >= 0.3 is 6.03 Å². The normalized spacial score (nSPS) is 11.2. The minimum Gasteiger partial charge on any atom is -0.358 e. The van der Waals surface area contributed by atoms with Crippen LogP contribution in [-0.2, 0) is 16.8 Å². The monoisotopic (exact) mass is 397 g/mol. The fourth-order valence-corrected chi connectivity index (χ4v) is 2.64. The Hall–Kier alpha value is -2.25. The lowest BCUT2D eigenvalue weighted by Crippen LogP contribution is -2.27. The van der Waals surface area contributed by atoms with Gasteiger partial charge in [-0.1, -0.05) is 50.0 Å². The first-order valence-corrected chi connectivity index (χ1v) is 8.68. The molecular weight excluding hydrogens is 377 g/mol. The molecule has 26 heavy (non-hydrogen) atoms. The van der Waals surface area contributed by atoms with Crippen LogP contribution in [0.5, 0.6) is 0 Å². The zero-order valence-corrected chi connectivity index (χ0v) is 16.5. The first-order valence-electron chi connectivity index (χ1n) is 7.92. The number of urea groups is 1. The van der Waals surface area contributed by atoms with E-state index in [0.717, 1.165) is 5.69 Å². The molecule has 2 rings (SSSR count). The maximum atomic E-state index is 12.2. The Morgan fingerprint density at radius 3 is 2.50 bits per heavy atom. The second-order valence-electron chi connectivity index (χ2n) is 6.68. The molecule has 0 radical (unpaired) electrons. The van der Waals surface area contributed by atoms with E-state index >= 15 is 0 Å². The van der Waals surface area contributed by atoms with Crippen LogP contribution >= 0.6 is 23.2 Å². The van der Waals surface area contributed by atoms with Gasteiger partial charge in [-0.05, 0) is 12.1 Å². The standard InChI is InChI=1S/C17H21Cl2N5O2/c1-17(2,3)12-8-13(23-24(12)9-14(25)20-4)22-16(26)21-11-7-5-6-10(18)15(11)19/h5-8H,9H2,1-4H3,(H,20,25)(H2,21,22,23,26). The molecule has 140 valence electrons. The second-order valence-corrected chi connectivity index (χ2v) is 7.46. The van der Waals surface area contributed by atoms with Crippen molar-refractivity contribution in [3.05, 3.63) is 40.0 Å². The molecule has 0 atom stereocenters. The molecule has 3 amide bonds. The number of anilines is 2. The molecule has 7 nitrogen and oxygen atoms in total. The zero-order chi connectivity index (χ0) is 19.5. The van der Waals surface area contributed by atoms with E-state index in [2.05, 4.69) is 21.0 Å². The van der Waals surface area contributed by atoms with Crippen molar-refractivity contribution in [3.8, 4) is 0 Å². The third-order valence-electron chi connectivity index (χ3n) is 3.56. The molecule has 0 spiro atoms. The number of hydrogen-bond donors (Lipinski definition) is 3. The Bertz CT molecular complexity index is 827. The van der Waals surface area contributed by atoms with Crippen molar-refractivity contribution in [3.63, 3.8) is 0 Å². The summed E-state index contributed by atoms with van der Waals surface area (Å²) in [5.74, 6) is 0.148. The molecule has 3 N–H and O–H groups in total. The summed E-state index contributed by atoms with van der Waals surface area (Å²) in [5, 5.41) is 12.7. The molecule has 0 bridgehead atoms. The molecule has 0 unspecified atom stereocenters. The highest BCUT2D eigenvalue weighted by atomic mass is 35.5. The smallest absolute Gasteiger partial charge is 0.324 e. The van der Waals surface area contributed by atoms with Crippen molar-refractivity contribution in [2.75, 3.05) is 17.7 Å². The van der Waals surface area contributed by atoms with Crippen molar-refractivity contribution < 1.29 is 9.59 Å². The summed E-state index contributed by atoms with van der Waals surface area (Å²) in [6.07, 6.45) is 0. The summed E-state index contributed by atoms with van der Waals surface area (Å²) in [4.78, 5) is 23.9. The Balaban J connectivity index is 2.19. The van der Waals surface area contributed by atoms with Crippen LogP contribution in [0.25, 0.3) is 0 Å². The highest BCUT2D eigenvalue weighted by Gasteiger charge is 2.23. The van der Waals surface area contributed by atoms with E-state index in [4.69, 9.17) is 23.2 Å². The number of aromatic nitrogens is 2. The number of carbonyl (C=O) groups excluding carboxylic acids is 2. The molecule has 0 saturated heterocycles. The van der Waals surface area contributed by atoms with Crippen LogP contribution in [0, 0.1) is 0 Å². The molecular formula is C17H21Cl2N5O2. The number of carbonyl (C=O) groups is 2. The lowest BCUT2D eigenvalue weighted by Gasteiger charge is -2.19. The summed E-state index contributed by atoms with van der Waals surface area (Å²) in [6, 6.07) is 6.17. The lowest BCUT2D eigenvalue weighted by atomic mass is 9.92. The molecule has 1 aromatic heterocycles. The molecule has 2 aromatic rings. The molecule has 0 saturated carbocycles. The summed E-state index contributed by atoms with van der Waals surface area (Å²) in [7, 11) is 1.56. The largest absolute Gasteiger partial charge is 0.358 e. The van der Waals surface area contributed by atoms with Crippen molar-refractivity contribution in [1.82, 2.24) is 15.1 Å². The SMILES string of the molecule is CNC(=O)Cn1nc(NC(=O)Nc2cccc(Cl)c2Cl)cc1C(C)(C)C. The molecule has 0 aliphatic heterocycles. The molecule has 0 fully saturated rings. The zero-order valence-electron chi connectivity index (χ0n) is 15.0. The van der Waals surface area contributed by atoms with Crippen LogP contribution in [0.15, 0.2) is 24.3 Å². The second kappa shape index (κ2) is 7.97. The number of likely N-dealkylation sites (N-methyl/N-ethyl adjacent to an activating group) is 1. The topological polar surface area (TPSA) is 88.1 Å². The summed E-state index contributed by atoms with van der Waals surface area (Å²) < 4.78 is 1.57. The van der Waals surface area contributed by atoms with E-state index in [1.54, 1.807) is 36.0 Å². The van der Waals surface area contributed by atoms with Crippen LogP contribution in [0.1, 0.15) is 26.5 Å². The van der Waals surface area contributed by atoms with Gasteiger partial charge in [-0.2, -0.15) is 5.10 Å². The molecule has 9 heteroatoms. The van der Waals surface area contributed by atoms with Gasteiger partial charge in [0.15, 0.2) is 5.82 Å². The fourth-order valence-electron chi connectivity index (χ4n) is 2.29. The van der Waals surface area contributed by atoms with Crippen LogP contribution in [-0.4, -0.2) is 28.8 Å². The van der Waals surface area contributed by atoms with E-state index in [-0.39, 0.29) is 22.9 Å². The van der Waals surface area contributed by atoms with Crippen molar-refractivity contribution >= 4 is 46.6 Å². The van der Waals surface area contributed by atoms with Gasteiger partial charge in [0, 0.05) is 24.2 Å². The van der Waals surface area contributed by atoms with Gasteiger partial charge in [-0.25, -0.2) is 4.79 Å². The minimum absolute atomic E-state index is 0.0620. The van der Waals surface area contributed by atoms with Crippen molar-refractivity contribution in [2.45, 2.75) is 32.7 Å². The van der Waals surface area contributed by atoms with Gasteiger partial charge in [0.2, 0.25) is 5.91 Å². The number of amides is 3. The Labute approximate surface area is 162 Å². The first-order chi connectivity index (χ1) is 12.1. The van der Waals surface area contributed by atoms with E-state index in [0.29, 0.717) is 16.5 Å². The number of benzene rings is 1. The van der Waals surface area contributed by atoms with Crippen LogP contribution < -0.4 is 16.0 Å². The summed E-state index contributed by atoms with van der Waals surface area (Å²) in [5.41, 5.74) is 0.947. The quantitative estimate of drug-likeness (QED) is 0.731. The van der Waals surface area contributed by atoms with Gasteiger partial charge in [0.05, 0.1) is 15.7 Å². The maximum Gasteiger partial charge on any atom is 0.324 e. The summed E-state index contributed by atoms with van der Waals surface area (Å²) in [6.45, 7) is 6.06. The molecule has 0 aliphatic rings. The van der Waals surface area contributed by atoms with Gasteiger partial charge in [-0.3, -0.25) is 14.8 Å². The van der Waals surface area contributed by atoms with E-state index in [1.807, 2.05) is 20.8 Å². The first kappa shape index (κ1) is 20.1. The van der Waals surface area contributed by atoms with Gasteiger partial charge in [-0.15, -0.1) is 0 Å². The Morgan fingerprint density at radius 1 is 1.19 bits per heavy atom. The average Bonchev–Trinajstić information content (AvgIpc) is 2.94. The van der Waals surface area contributed by atoms with Crippen LogP contribution in [0.2, 0.25) is 10.0 Å². The van der Waals surface area contributed by atoms with E-state index < -0.39 is 6.03 Å². The number of halogens is 2. The number of hydrogen-bond acceptors (Lipinski definition) is 3. The highest BCUT2D eigenvalue weighted by molar-refractivity contribution is 6.44. The Morgan fingerprint density at radius 2 is 1.88 bits per heavy atom. The number of rotatable bonds is 4. The third-order valence-corrected chi connectivity index (χ3v) is 4.38. The van der Waals surface area contributed by atoms with Crippen LogP contribution in [0.3, 0.4) is 0 Å². The van der Waals surface area contributed by atoms with Gasteiger partial charge in [0.25, 0.3) is 0 Å². The van der Waals surface area contributed by atoms with Crippen molar-refractivity contribution in [1.29, 1.82) is 0 Å². The highest BCUT2D eigenvalue weighted by Crippen LogP contribution is 2.30. The summed E-state index contributed by atoms with van der Waals surface area (Å²) >= 11 is 12.0. The minimum atomic E-state index is -0.515. The van der Waals surface area contributed by atoms with Crippen molar-refractivity contribution in [2.24, 2.45) is 0 Å². The lowest BCUT2D eigenvalue weighted by molar-refractivity contribution is -0.121. The number of nitrogens with one attached hydrogen (secondary N) is 3. The van der Waals surface area contributed by atoms with Gasteiger partial charge < -0.3 is 10.6 Å². The van der Waals surface area contributed by atoms with Gasteiger partial charge in [0.1, 0.15) is 6.54 Å². The fraction of sp³-hybridized carbons (Fsp3) is 0.353. The number of nitrogens with zero attached hydrogens (tertiary/aromatic N) is 2. The van der Waals surface area contributed by atoms with Crippen LogP contribution in [0.4, 0.5) is 16.3 Å². The Kier molecular flexibility index (Phi) is 6.15. The predicted octanol–water partition coefficient (Wildman–Crippen LogP) is 3.88. The average molecular weight is 398 g/mol. The maximum absolute atomic E-state index is 12.2. The third kappa shape index (κ3) is 4.89. The van der Waals surface area contributed by atoms with E-state index in [1.165, 1.54) is 0 Å². The predicted molar refractivity (Wildman–Crippen MR) is 104 cm³/mol. The molecule has 0 aliphatic carbocycles.